The second-order valence-electron chi connectivity index (χ2n) is 8.57. The van der Waals surface area contributed by atoms with Crippen molar-refractivity contribution in [1.82, 2.24) is 5.32 Å². The van der Waals surface area contributed by atoms with E-state index in [0.717, 1.165) is 16.8 Å². The van der Waals surface area contributed by atoms with Crippen LogP contribution in [0.15, 0.2) is 46.8 Å². The summed E-state index contributed by atoms with van der Waals surface area (Å²) in [6.07, 6.45) is 0.968. The maximum atomic E-state index is 13.6. The number of hydrogen-bond donors (Lipinski definition) is 1. The highest BCUT2D eigenvalue weighted by Gasteiger charge is 2.47. The van der Waals surface area contributed by atoms with E-state index in [2.05, 4.69) is 5.32 Å². The number of allylic oxidation sites excluding steroid dienone is 3. The number of methoxy groups -OCH3 is 1. The Morgan fingerprint density at radius 3 is 2.42 bits per heavy atom. The fraction of sp³-hybridized carbons (Fsp3) is 0.480. The highest BCUT2D eigenvalue weighted by Crippen LogP contribution is 2.45. The number of benzene rings is 1. The van der Waals surface area contributed by atoms with Crippen molar-refractivity contribution in [2.24, 2.45) is 11.8 Å². The molecule has 0 unspecified atom stereocenters. The number of esters is 2. The Morgan fingerprint density at radius 1 is 1.19 bits per heavy atom. The highest BCUT2D eigenvalue weighted by atomic mass is 16.5. The number of carbonyl (C=O) groups is 3. The van der Waals surface area contributed by atoms with Gasteiger partial charge in [-0.2, -0.15) is 0 Å². The quantitative estimate of drug-likeness (QED) is 0.568. The van der Waals surface area contributed by atoms with Crippen LogP contribution in [0, 0.1) is 18.8 Å². The molecule has 0 bridgehead atoms. The van der Waals surface area contributed by atoms with Gasteiger partial charge in [-0.1, -0.05) is 43.7 Å². The first-order valence-electron chi connectivity index (χ1n) is 10.8. The number of ketones is 1. The second kappa shape index (κ2) is 9.08. The fourth-order valence-corrected chi connectivity index (χ4v) is 4.37. The van der Waals surface area contributed by atoms with Crippen LogP contribution in [0.1, 0.15) is 57.6 Å². The van der Waals surface area contributed by atoms with Gasteiger partial charge in [0.15, 0.2) is 5.78 Å². The van der Waals surface area contributed by atoms with E-state index in [4.69, 9.17) is 9.47 Å². The molecule has 0 aromatic heterocycles. The summed E-state index contributed by atoms with van der Waals surface area (Å²) >= 11 is 0. The predicted molar refractivity (Wildman–Crippen MR) is 117 cm³/mol. The van der Waals surface area contributed by atoms with Gasteiger partial charge in [0.05, 0.1) is 18.8 Å². The fourth-order valence-electron chi connectivity index (χ4n) is 4.37. The molecule has 0 spiro atoms. The van der Waals surface area contributed by atoms with Crippen molar-refractivity contribution in [3.05, 3.63) is 57.9 Å². The lowest BCUT2D eigenvalue weighted by Gasteiger charge is -2.38. The molecule has 1 N–H and O–H groups in total. The predicted octanol–water partition coefficient (Wildman–Crippen LogP) is 3.95. The minimum atomic E-state index is -0.885. The van der Waals surface area contributed by atoms with Crippen LogP contribution in [-0.4, -0.2) is 30.9 Å². The Bertz CT molecular complexity index is 957. The molecule has 1 aliphatic carbocycles. The molecule has 4 atom stereocenters. The molecule has 6 nitrogen and oxygen atoms in total. The molecule has 1 aliphatic heterocycles. The van der Waals surface area contributed by atoms with E-state index >= 15 is 0 Å². The molecule has 2 aliphatic rings. The van der Waals surface area contributed by atoms with E-state index in [1.807, 2.05) is 58.9 Å². The van der Waals surface area contributed by atoms with E-state index in [1.54, 1.807) is 0 Å². The van der Waals surface area contributed by atoms with Crippen LogP contribution in [0.2, 0.25) is 0 Å². The van der Waals surface area contributed by atoms with Crippen molar-refractivity contribution >= 4 is 17.7 Å². The molecule has 31 heavy (non-hydrogen) atoms. The van der Waals surface area contributed by atoms with Crippen LogP contribution in [0.5, 0.6) is 0 Å². The van der Waals surface area contributed by atoms with Crippen molar-refractivity contribution in [2.75, 3.05) is 7.11 Å². The zero-order chi connectivity index (χ0) is 22.9. The van der Waals surface area contributed by atoms with Gasteiger partial charge in [-0.3, -0.25) is 9.59 Å². The van der Waals surface area contributed by atoms with Crippen molar-refractivity contribution in [3.63, 3.8) is 0 Å². The molecule has 0 saturated heterocycles. The standard InChI is InChI=1S/C25H31NO5/c1-7-15(4)31-25(29)20-16(5)26-18-12-14(3)19(24(28)30-6)23(27)22(18)21(20)17-10-8-13(2)9-11-17/h8-11,14-15,19,21,26H,7,12H2,1-6H3/t14-,15+,19-,21-/m1/s1. The van der Waals surface area contributed by atoms with Gasteiger partial charge < -0.3 is 14.8 Å². The molecule has 0 fully saturated rings. The van der Waals surface area contributed by atoms with Gasteiger partial charge in [-0.15, -0.1) is 0 Å². The molecule has 1 aromatic carbocycles. The molecule has 0 radical (unpaired) electrons. The van der Waals surface area contributed by atoms with Crippen LogP contribution < -0.4 is 5.32 Å². The average molecular weight is 426 g/mol. The van der Waals surface area contributed by atoms with Crippen LogP contribution in [0.4, 0.5) is 0 Å². The van der Waals surface area contributed by atoms with Crippen LogP contribution in [0.3, 0.4) is 0 Å². The zero-order valence-corrected chi connectivity index (χ0v) is 19.1. The third-order valence-corrected chi connectivity index (χ3v) is 6.26. The highest BCUT2D eigenvalue weighted by molar-refractivity contribution is 6.12. The largest absolute Gasteiger partial charge is 0.468 e. The summed E-state index contributed by atoms with van der Waals surface area (Å²) < 4.78 is 10.6. The third-order valence-electron chi connectivity index (χ3n) is 6.26. The van der Waals surface area contributed by atoms with Crippen molar-refractivity contribution in [2.45, 2.75) is 59.5 Å². The molecule has 0 amide bonds. The lowest BCUT2D eigenvalue weighted by molar-refractivity contribution is -0.151. The first-order chi connectivity index (χ1) is 14.7. The number of carbonyl (C=O) groups excluding carboxylic acids is 3. The number of nitrogens with one attached hydrogen (secondary N) is 1. The van der Waals surface area contributed by atoms with Gasteiger partial charge in [-0.25, -0.2) is 4.79 Å². The summed E-state index contributed by atoms with van der Waals surface area (Å²) in [4.78, 5) is 39.2. The van der Waals surface area contributed by atoms with E-state index in [9.17, 15) is 14.4 Å². The summed E-state index contributed by atoms with van der Waals surface area (Å²) in [6.45, 7) is 9.48. The van der Waals surface area contributed by atoms with Crippen LogP contribution in [-0.2, 0) is 23.9 Å². The molecular formula is C25H31NO5. The number of aryl methyl sites for hydroxylation is 1. The number of rotatable bonds is 5. The normalized spacial score (nSPS) is 24.3. The molecule has 3 rings (SSSR count). The Balaban J connectivity index is 2.15. The topological polar surface area (TPSA) is 81.7 Å². The first kappa shape index (κ1) is 22.8. The molecule has 1 heterocycles. The summed E-state index contributed by atoms with van der Waals surface area (Å²) in [6, 6.07) is 7.77. The average Bonchev–Trinajstić information content (AvgIpc) is 2.72. The maximum Gasteiger partial charge on any atom is 0.337 e. The van der Waals surface area contributed by atoms with Gasteiger partial charge in [-0.05, 0) is 45.1 Å². The Labute approximate surface area is 183 Å². The number of ether oxygens (including phenoxy) is 2. The summed E-state index contributed by atoms with van der Waals surface area (Å²) in [5, 5.41) is 3.28. The summed E-state index contributed by atoms with van der Waals surface area (Å²) in [5.74, 6) is -2.96. The third kappa shape index (κ3) is 4.29. The van der Waals surface area contributed by atoms with Crippen molar-refractivity contribution in [3.8, 4) is 0 Å². The number of hydrogen-bond acceptors (Lipinski definition) is 6. The van der Waals surface area contributed by atoms with Crippen LogP contribution >= 0.6 is 0 Å². The lowest BCUT2D eigenvalue weighted by Crippen LogP contribution is -2.43. The number of dihydropyridines is 1. The lowest BCUT2D eigenvalue weighted by atomic mass is 9.69. The minimum absolute atomic E-state index is 0.203. The molecule has 0 saturated carbocycles. The Kier molecular flexibility index (Phi) is 6.68. The first-order valence-corrected chi connectivity index (χ1v) is 10.8. The maximum absolute atomic E-state index is 13.6. The van der Waals surface area contributed by atoms with Gasteiger partial charge in [0.2, 0.25) is 0 Å². The Hall–Kier alpha value is -2.89. The van der Waals surface area contributed by atoms with E-state index in [1.165, 1.54) is 7.11 Å². The summed E-state index contributed by atoms with van der Waals surface area (Å²) in [7, 11) is 1.29. The SMILES string of the molecule is CC[C@H](C)OC(=O)C1=C(C)NC2=C(C(=O)[C@H](C(=O)OC)[C@H](C)C2)[C@@H]1c1ccc(C)cc1. The van der Waals surface area contributed by atoms with Gasteiger partial charge in [0, 0.05) is 22.9 Å². The smallest absolute Gasteiger partial charge is 0.337 e. The molecule has 1 aromatic rings. The van der Waals surface area contributed by atoms with E-state index in [0.29, 0.717) is 29.7 Å². The van der Waals surface area contributed by atoms with Gasteiger partial charge in [0.1, 0.15) is 5.92 Å². The van der Waals surface area contributed by atoms with Gasteiger partial charge >= 0.3 is 11.9 Å². The monoisotopic (exact) mass is 425 g/mol. The second-order valence-corrected chi connectivity index (χ2v) is 8.57. The van der Waals surface area contributed by atoms with Crippen molar-refractivity contribution in [1.29, 1.82) is 0 Å². The van der Waals surface area contributed by atoms with Gasteiger partial charge in [0.25, 0.3) is 0 Å². The van der Waals surface area contributed by atoms with Crippen molar-refractivity contribution < 1.29 is 23.9 Å². The molecule has 6 heteroatoms. The van der Waals surface area contributed by atoms with Crippen LogP contribution in [0.25, 0.3) is 0 Å². The molecular weight excluding hydrogens is 394 g/mol. The number of Topliss-reactive ketones (excluding diaryl/α,β-unsaturated/α-hetero) is 1. The zero-order valence-electron chi connectivity index (χ0n) is 19.1. The summed E-state index contributed by atoms with van der Waals surface area (Å²) in [5.41, 5.74) is 4.21. The minimum Gasteiger partial charge on any atom is -0.468 e. The Morgan fingerprint density at radius 2 is 1.84 bits per heavy atom. The molecule has 166 valence electrons. The van der Waals surface area contributed by atoms with E-state index < -0.39 is 23.8 Å². The van der Waals surface area contributed by atoms with E-state index in [-0.39, 0.29) is 17.8 Å².